The van der Waals surface area contributed by atoms with E-state index in [0.29, 0.717) is 13.0 Å². The van der Waals surface area contributed by atoms with Crippen LogP contribution in [0.4, 0.5) is 0 Å². The average Bonchev–Trinajstić information content (AvgIpc) is 2.52. The zero-order chi connectivity index (χ0) is 16.5. The van der Waals surface area contributed by atoms with Crippen LogP contribution in [0.2, 0.25) is 0 Å². The van der Waals surface area contributed by atoms with Crippen LogP contribution in [-0.4, -0.2) is 48.7 Å². The molecule has 0 aliphatic rings. The van der Waals surface area contributed by atoms with Crippen LogP contribution in [0.15, 0.2) is 12.2 Å². The maximum Gasteiger partial charge on any atom is 0.223 e. The van der Waals surface area contributed by atoms with Gasteiger partial charge >= 0.3 is 0 Å². The van der Waals surface area contributed by atoms with Crippen molar-refractivity contribution in [3.63, 3.8) is 0 Å². The van der Waals surface area contributed by atoms with E-state index in [4.69, 9.17) is 5.11 Å². The fourth-order valence-electron chi connectivity index (χ4n) is 2.36. The van der Waals surface area contributed by atoms with Gasteiger partial charge in [0.05, 0.1) is 0 Å². The molecule has 0 aromatic heterocycles. The highest BCUT2D eigenvalue weighted by molar-refractivity contribution is 5.77. The minimum absolute atomic E-state index is 0.115. The maximum atomic E-state index is 11.6. The van der Waals surface area contributed by atoms with Crippen LogP contribution >= 0.6 is 0 Å². The van der Waals surface area contributed by atoms with Crippen molar-refractivity contribution in [3.8, 4) is 0 Å². The Morgan fingerprint density at radius 3 is 2.32 bits per heavy atom. The fraction of sp³-hybridized carbons (Fsp3) is 0.833. The number of carbonyl (C=O) groups is 1. The second kappa shape index (κ2) is 16.5. The van der Waals surface area contributed by atoms with E-state index < -0.39 is 0 Å². The first-order chi connectivity index (χ1) is 10.7. The molecule has 0 unspecified atom stereocenters. The van der Waals surface area contributed by atoms with Crippen LogP contribution in [0.3, 0.4) is 0 Å². The van der Waals surface area contributed by atoms with Crippen LogP contribution in [-0.2, 0) is 4.79 Å². The number of rotatable bonds is 15. The quantitative estimate of drug-likeness (QED) is 0.361. The Kier molecular flexibility index (Phi) is 15.8. The second-order valence-electron chi connectivity index (χ2n) is 5.71. The van der Waals surface area contributed by atoms with E-state index in [2.05, 4.69) is 24.1 Å². The lowest BCUT2D eigenvalue weighted by Crippen LogP contribution is -2.35. The number of hydrogen-bond acceptors (Lipinski definition) is 3. The third kappa shape index (κ3) is 14.1. The molecule has 0 bridgehead atoms. The highest BCUT2D eigenvalue weighted by atomic mass is 16.2. The number of allylic oxidation sites excluding steroid dienone is 1. The third-order valence-electron chi connectivity index (χ3n) is 3.79. The molecule has 4 nitrogen and oxygen atoms in total. The lowest BCUT2D eigenvalue weighted by molar-refractivity contribution is -0.120. The molecule has 0 aliphatic heterocycles. The molecule has 0 radical (unpaired) electrons. The summed E-state index contributed by atoms with van der Waals surface area (Å²) in [6.45, 7) is 8.39. The van der Waals surface area contributed by atoms with E-state index >= 15 is 0 Å². The minimum Gasteiger partial charge on any atom is -0.396 e. The monoisotopic (exact) mass is 312 g/mol. The lowest BCUT2D eigenvalue weighted by atomic mass is 10.1. The first kappa shape index (κ1) is 21.1. The van der Waals surface area contributed by atoms with Crippen molar-refractivity contribution >= 4 is 5.91 Å². The summed E-state index contributed by atoms with van der Waals surface area (Å²) in [7, 11) is 0. The van der Waals surface area contributed by atoms with Gasteiger partial charge in [-0.3, -0.25) is 4.79 Å². The van der Waals surface area contributed by atoms with Gasteiger partial charge in [0.1, 0.15) is 0 Å². The summed E-state index contributed by atoms with van der Waals surface area (Å²) in [6.07, 6.45) is 12.5. The van der Waals surface area contributed by atoms with E-state index in [0.717, 1.165) is 45.4 Å². The molecule has 0 aliphatic carbocycles. The predicted molar refractivity (Wildman–Crippen MR) is 94.0 cm³/mol. The maximum absolute atomic E-state index is 11.6. The standard InChI is InChI=1S/C18H36N2O2/c1-3-5-10-13-18(22)19-14-16-20(4-2)15-11-8-6-7-9-12-17-21/h5,10,21H,3-4,6-9,11-17H2,1-2H3,(H,19,22)/b10-5+. The molecule has 0 aromatic rings. The van der Waals surface area contributed by atoms with Crippen molar-refractivity contribution in [2.24, 2.45) is 0 Å². The van der Waals surface area contributed by atoms with Gasteiger partial charge in [0.15, 0.2) is 0 Å². The highest BCUT2D eigenvalue weighted by Gasteiger charge is 2.03. The molecule has 2 N–H and O–H groups in total. The fourth-order valence-corrected chi connectivity index (χ4v) is 2.36. The Labute approximate surface area is 137 Å². The summed E-state index contributed by atoms with van der Waals surface area (Å²) in [5, 5.41) is 11.7. The number of likely N-dealkylation sites (N-methyl/N-ethyl adjacent to an activating group) is 1. The predicted octanol–water partition coefficient (Wildman–Crippen LogP) is 3.11. The third-order valence-corrected chi connectivity index (χ3v) is 3.79. The summed E-state index contributed by atoms with van der Waals surface area (Å²) in [5.41, 5.74) is 0. The Balaban J connectivity index is 3.54. The number of aliphatic hydroxyl groups is 1. The molecular weight excluding hydrogens is 276 g/mol. The Bertz CT molecular complexity index is 280. The molecule has 22 heavy (non-hydrogen) atoms. The van der Waals surface area contributed by atoms with Crippen LogP contribution in [0.25, 0.3) is 0 Å². The number of nitrogens with zero attached hydrogens (tertiary/aromatic N) is 1. The van der Waals surface area contributed by atoms with E-state index in [9.17, 15) is 4.79 Å². The Hall–Kier alpha value is -0.870. The van der Waals surface area contributed by atoms with E-state index in [1.807, 2.05) is 12.2 Å². The molecule has 0 spiro atoms. The smallest absolute Gasteiger partial charge is 0.223 e. The molecule has 0 rings (SSSR count). The SMILES string of the molecule is CC/C=C/CC(=O)NCCN(CC)CCCCCCCCO. The first-order valence-electron chi connectivity index (χ1n) is 8.99. The molecule has 0 aromatic carbocycles. The van der Waals surface area contributed by atoms with Crippen molar-refractivity contribution in [1.82, 2.24) is 10.2 Å². The highest BCUT2D eigenvalue weighted by Crippen LogP contribution is 2.05. The summed E-state index contributed by atoms with van der Waals surface area (Å²) in [5.74, 6) is 0.115. The van der Waals surface area contributed by atoms with Gasteiger partial charge in [-0.2, -0.15) is 0 Å². The zero-order valence-corrected chi connectivity index (χ0v) is 14.6. The summed E-state index contributed by atoms with van der Waals surface area (Å²) in [4.78, 5) is 14.0. The Morgan fingerprint density at radius 1 is 1.00 bits per heavy atom. The first-order valence-corrected chi connectivity index (χ1v) is 8.99. The lowest BCUT2D eigenvalue weighted by Gasteiger charge is -2.20. The normalized spacial score (nSPS) is 11.5. The van der Waals surface area contributed by atoms with Crippen molar-refractivity contribution < 1.29 is 9.90 Å². The van der Waals surface area contributed by atoms with Gasteiger partial charge in [0, 0.05) is 26.1 Å². The van der Waals surface area contributed by atoms with E-state index in [1.165, 1.54) is 25.7 Å². The number of aliphatic hydroxyl groups excluding tert-OH is 1. The zero-order valence-electron chi connectivity index (χ0n) is 14.6. The van der Waals surface area contributed by atoms with Crippen LogP contribution in [0.5, 0.6) is 0 Å². The molecule has 0 fully saturated rings. The Morgan fingerprint density at radius 2 is 1.68 bits per heavy atom. The molecule has 0 heterocycles. The van der Waals surface area contributed by atoms with Gasteiger partial charge in [-0.05, 0) is 32.4 Å². The number of carbonyl (C=O) groups excluding carboxylic acids is 1. The second-order valence-corrected chi connectivity index (χ2v) is 5.71. The number of unbranched alkanes of at least 4 members (excludes halogenated alkanes) is 5. The molecular formula is C18H36N2O2. The van der Waals surface area contributed by atoms with Gasteiger partial charge in [-0.15, -0.1) is 0 Å². The van der Waals surface area contributed by atoms with Crippen molar-refractivity contribution in [1.29, 1.82) is 0 Å². The summed E-state index contributed by atoms with van der Waals surface area (Å²) in [6, 6.07) is 0. The van der Waals surface area contributed by atoms with E-state index in [-0.39, 0.29) is 5.91 Å². The van der Waals surface area contributed by atoms with Crippen molar-refractivity contribution in [3.05, 3.63) is 12.2 Å². The van der Waals surface area contributed by atoms with Gasteiger partial charge in [0.25, 0.3) is 0 Å². The molecule has 1 amide bonds. The number of hydrogen-bond donors (Lipinski definition) is 2. The molecule has 4 heteroatoms. The largest absolute Gasteiger partial charge is 0.396 e. The molecule has 0 saturated heterocycles. The van der Waals surface area contributed by atoms with Gasteiger partial charge in [-0.25, -0.2) is 0 Å². The number of nitrogens with one attached hydrogen (secondary N) is 1. The van der Waals surface area contributed by atoms with Gasteiger partial charge in [0.2, 0.25) is 5.91 Å². The average molecular weight is 312 g/mol. The van der Waals surface area contributed by atoms with Gasteiger partial charge in [-0.1, -0.05) is 51.7 Å². The minimum atomic E-state index is 0.115. The molecule has 0 saturated carbocycles. The summed E-state index contributed by atoms with van der Waals surface area (Å²) >= 11 is 0. The molecule has 0 atom stereocenters. The van der Waals surface area contributed by atoms with Crippen molar-refractivity contribution in [2.75, 3.05) is 32.8 Å². The van der Waals surface area contributed by atoms with Crippen LogP contribution in [0.1, 0.15) is 65.2 Å². The van der Waals surface area contributed by atoms with Gasteiger partial charge < -0.3 is 15.3 Å². The molecule has 130 valence electrons. The van der Waals surface area contributed by atoms with Crippen LogP contribution < -0.4 is 5.32 Å². The van der Waals surface area contributed by atoms with E-state index in [1.54, 1.807) is 0 Å². The number of amides is 1. The summed E-state index contributed by atoms with van der Waals surface area (Å²) < 4.78 is 0. The topological polar surface area (TPSA) is 52.6 Å². The van der Waals surface area contributed by atoms with Crippen molar-refractivity contribution in [2.45, 2.75) is 65.2 Å². The van der Waals surface area contributed by atoms with Crippen LogP contribution in [0, 0.1) is 0 Å².